The van der Waals surface area contributed by atoms with Crippen molar-refractivity contribution in [1.29, 1.82) is 0 Å². The van der Waals surface area contributed by atoms with Gasteiger partial charge in [0, 0.05) is 35.1 Å². The molecule has 0 atom stereocenters. The third-order valence-electron chi connectivity index (χ3n) is 4.86. The minimum Gasteiger partial charge on any atom is -0.322 e. The molecular weight excluding hydrogens is 404 g/mol. The molecule has 4 rings (SSSR count). The van der Waals surface area contributed by atoms with Gasteiger partial charge in [0.2, 0.25) is 10.0 Å². The van der Waals surface area contributed by atoms with Gasteiger partial charge >= 0.3 is 0 Å². The Morgan fingerprint density at radius 1 is 1.17 bits per heavy atom. The van der Waals surface area contributed by atoms with Crippen molar-refractivity contribution in [3.8, 4) is 11.4 Å². The van der Waals surface area contributed by atoms with E-state index in [-0.39, 0.29) is 11.5 Å². The Kier molecular flexibility index (Phi) is 4.90. The number of rotatable bonds is 4. The highest BCUT2D eigenvalue weighted by Gasteiger charge is 2.26. The van der Waals surface area contributed by atoms with Crippen molar-refractivity contribution in [1.82, 2.24) is 9.97 Å². The summed E-state index contributed by atoms with van der Waals surface area (Å²) in [6.45, 7) is 2.12. The number of benzene rings is 2. The maximum Gasteiger partial charge on any atom is 0.255 e. The topological polar surface area (TPSA) is 112 Å². The van der Waals surface area contributed by atoms with Gasteiger partial charge in [-0.2, -0.15) is 0 Å². The maximum absolute atomic E-state index is 12.7. The first-order chi connectivity index (χ1) is 14.2. The van der Waals surface area contributed by atoms with E-state index in [1.165, 1.54) is 16.6 Å². The van der Waals surface area contributed by atoms with Gasteiger partial charge in [0.1, 0.15) is 5.82 Å². The summed E-state index contributed by atoms with van der Waals surface area (Å²) in [6, 6.07) is 13.4. The molecule has 0 unspecified atom stereocenters. The third kappa shape index (κ3) is 3.97. The van der Waals surface area contributed by atoms with Crippen LogP contribution in [0.3, 0.4) is 0 Å². The molecule has 2 N–H and O–H groups in total. The molecule has 2 heterocycles. The van der Waals surface area contributed by atoms with Crippen molar-refractivity contribution in [3.63, 3.8) is 0 Å². The van der Waals surface area contributed by atoms with E-state index in [1.807, 2.05) is 0 Å². The smallest absolute Gasteiger partial charge is 0.255 e. The Morgan fingerprint density at radius 3 is 2.70 bits per heavy atom. The van der Waals surface area contributed by atoms with E-state index in [0.717, 1.165) is 5.56 Å². The fourth-order valence-corrected chi connectivity index (χ4v) is 4.48. The Balaban J connectivity index is 1.57. The van der Waals surface area contributed by atoms with Crippen molar-refractivity contribution in [2.24, 2.45) is 0 Å². The number of carbonyl (C=O) groups is 1. The highest BCUT2D eigenvalue weighted by molar-refractivity contribution is 7.92. The maximum atomic E-state index is 12.7. The van der Waals surface area contributed by atoms with Gasteiger partial charge in [-0.3, -0.25) is 13.9 Å². The summed E-state index contributed by atoms with van der Waals surface area (Å²) in [5.41, 5.74) is 3.47. The first-order valence-corrected chi connectivity index (χ1v) is 11.2. The van der Waals surface area contributed by atoms with E-state index >= 15 is 0 Å². The SMILES string of the molecule is Cc1cc(=O)[nH]c(-c2cccc(NC(=O)c3ccc4c(c3)CCN4S(C)(=O)=O)c2)n1. The number of hydrogen-bond donors (Lipinski definition) is 2. The second-order valence-corrected chi connectivity index (χ2v) is 9.11. The van der Waals surface area contributed by atoms with Gasteiger partial charge in [-0.25, -0.2) is 13.4 Å². The zero-order valence-electron chi connectivity index (χ0n) is 16.5. The average molecular weight is 424 g/mol. The molecule has 8 nitrogen and oxygen atoms in total. The minimum absolute atomic E-state index is 0.242. The molecule has 1 aliphatic rings. The molecule has 30 heavy (non-hydrogen) atoms. The van der Waals surface area contributed by atoms with E-state index in [2.05, 4.69) is 15.3 Å². The second-order valence-electron chi connectivity index (χ2n) is 7.20. The van der Waals surface area contributed by atoms with E-state index in [9.17, 15) is 18.0 Å². The predicted molar refractivity (Wildman–Crippen MR) is 115 cm³/mol. The summed E-state index contributed by atoms with van der Waals surface area (Å²) in [5, 5.41) is 2.84. The lowest BCUT2D eigenvalue weighted by atomic mass is 10.1. The van der Waals surface area contributed by atoms with Crippen LogP contribution in [0.2, 0.25) is 0 Å². The lowest BCUT2D eigenvalue weighted by molar-refractivity contribution is 0.102. The van der Waals surface area contributed by atoms with E-state index in [1.54, 1.807) is 49.4 Å². The molecule has 0 aliphatic carbocycles. The number of sulfonamides is 1. The Labute approximate surface area is 173 Å². The number of amides is 1. The number of H-pyrrole nitrogens is 1. The number of nitrogens with zero attached hydrogens (tertiary/aromatic N) is 2. The molecule has 1 aliphatic heterocycles. The first kappa shape index (κ1) is 19.8. The second kappa shape index (κ2) is 7.42. The van der Waals surface area contributed by atoms with Gasteiger partial charge in [0.05, 0.1) is 11.9 Å². The molecule has 0 spiro atoms. The van der Waals surface area contributed by atoms with Crippen LogP contribution in [0.15, 0.2) is 53.3 Å². The van der Waals surface area contributed by atoms with Crippen LogP contribution >= 0.6 is 0 Å². The Morgan fingerprint density at radius 2 is 1.97 bits per heavy atom. The highest BCUT2D eigenvalue weighted by atomic mass is 32.2. The average Bonchev–Trinajstić information content (AvgIpc) is 3.11. The molecule has 2 aromatic carbocycles. The largest absolute Gasteiger partial charge is 0.322 e. The molecular formula is C21H20N4O4S. The van der Waals surface area contributed by atoms with E-state index < -0.39 is 10.0 Å². The van der Waals surface area contributed by atoms with Crippen molar-refractivity contribution in [3.05, 3.63) is 75.7 Å². The molecule has 9 heteroatoms. The van der Waals surface area contributed by atoms with Crippen LogP contribution in [-0.4, -0.2) is 37.1 Å². The van der Waals surface area contributed by atoms with Gasteiger partial charge in [-0.05, 0) is 49.2 Å². The van der Waals surface area contributed by atoms with Gasteiger partial charge in [0.15, 0.2) is 0 Å². The van der Waals surface area contributed by atoms with Crippen LogP contribution in [0.4, 0.5) is 11.4 Å². The molecule has 0 fully saturated rings. The zero-order valence-corrected chi connectivity index (χ0v) is 17.3. The summed E-state index contributed by atoms with van der Waals surface area (Å²) < 4.78 is 25.1. The molecule has 0 radical (unpaired) electrons. The van der Waals surface area contributed by atoms with Crippen molar-refractivity contribution in [2.45, 2.75) is 13.3 Å². The summed E-state index contributed by atoms with van der Waals surface area (Å²) in [5.74, 6) is 0.118. The highest BCUT2D eigenvalue weighted by Crippen LogP contribution is 2.31. The molecule has 154 valence electrons. The summed E-state index contributed by atoms with van der Waals surface area (Å²) >= 11 is 0. The number of anilines is 2. The quantitative estimate of drug-likeness (QED) is 0.668. The van der Waals surface area contributed by atoms with Crippen molar-refractivity contribution >= 4 is 27.3 Å². The number of fused-ring (bicyclic) bond motifs is 1. The lowest BCUT2D eigenvalue weighted by Gasteiger charge is -2.16. The van der Waals surface area contributed by atoms with Gasteiger partial charge in [0.25, 0.3) is 11.5 Å². The van der Waals surface area contributed by atoms with Gasteiger partial charge in [-0.15, -0.1) is 0 Å². The van der Waals surface area contributed by atoms with Crippen LogP contribution < -0.4 is 15.2 Å². The number of aryl methyl sites for hydroxylation is 1. The fourth-order valence-electron chi connectivity index (χ4n) is 3.52. The fraction of sp³-hybridized carbons (Fsp3) is 0.190. The Bertz CT molecular complexity index is 1310. The molecule has 0 saturated carbocycles. The van der Waals surface area contributed by atoms with Crippen LogP contribution in [0, 0.1) is 6.92 Å². The van der Waals surface area contributed by atoms with Crippen LogP contribution in [0.25, 0.3) is 11.4 Å². The summed E-state index contributed by atoms with van der Waals surface area (Å²) in [4.78, 5) is 31.5. The van der Waals surface area contributed by atoms with E-state index in [4.69, 9.17) is 0 Å². The van der Waals surface area contributed by atoms with Gasteiger partial charge in [-0.1, -0.05) is 12.1 Å². The third-order valence-corrected chi connectivity index (χ3v) is 6.04. The van der Waals surface area contributed by atoms with Gasteiger partial charge < -0.3 is 10.3 Å². The summed E-state index contributed by atoms with van der Waals surface area (Å²) in [6.07, 6.45) is 1.73. The van der Waals surface area contributed by atoms with Crippen molar-refractivity contribution < 1.29 is 13.2 Å². The standard InChI is InChI=1S/C21H20N4O4S/c1-13-10-19(26)24-20(22-13)15-4-3-5-17(12-15)23-21(27)16-6-7-18-14(11-16)8-9-25(18)30(2,28)29/h3-7,10-12H,8-9H2,1-2H3,(H,23,27)(H,22,24,26). The van der Waals surface area contributed by atoms with E-state index in [0.29, 0.717) is 47.0 Å². The lowest BCUT2D eigenvalue weighted by Crippen LogP contribution is -2.27. The van der Waals surface area contributed by atoms with Crippen molar-refractivity contribution in [2.75, 3.05) is 22.4 Å². The normalized spacial score (nSPS) is 13.2. The number of hydrogen-bond acceptors (Lipinski definition) is 5. The first-order valence-electron chi connectivity index (χ1n) is 9.31. The molecule has 0 bridgehead atoms. The van der Waals surface area contributed by atoms with Crippen LogP contribution in [-0.2, 0) is 16.4 Å². The molecule has 3 aromatic rings. The number of carbonyl (C=O) groups excluding carboxylic acids is 1. The molecule has 0 saturated heterocycles. The molecule has 1 amide bonds. The minimum atomic E-state index is -3.33. The van der Waals surface area contributed by atoms with Crippen LogP contribution in [0.1, 0.15) is 21.6 Å². The predicted octanol–water partition coefficient (Wildman–Crippen LogP) is 2.32. The monoisotopic (exact) mass is 424 g/mol. The summed E-state index contributed by atoms with van der Waals surface area (Å²) in [7, 11) is -3.33. The number of aromatic amines is 1. The number of aromatic nitrogens is 2. The molecule has 1 aromatic heterocycles. The number of nitrogens with one attached hydrogen (secondary N) is 2. The van der Waals surface area contributed by atoms with Crippen LogP contribution in [0.5, 0.6) is 0 Å². The zero-order chi connectivity index (χ0) is 21.5. The Hall–Kier alpha value is -3.46.